The fourth-order valence-corrected chi connectivity index (χ4v) is 0.540. The lowest BCUT2D eigenvalue weighted by Gasteiger charge is -1.81. The van der Waals surface area contributed by atoms with Crippen molar-refractivity contribution in [2.45, 2.75) is 6.92 Å². The molecule has 0 amide bonds. The van der Waals surface area contributed by atoms with Crippen molar-refractivity contribution in [3.05, 3.63) is 24.6 Å². The van der Waals surface area contributed by atoms with Gasteiger partial charge >= 0.3 is 0 Å². The largest absolute Gasteiger partial charge is 0.342 e. The molecule has 1 aromatic rings. The maximum Gasteiger partial charge on any atom is 0.194 e. The zero-order valence-electron chi connectivity index (χ0n) is 5.14. The van der Waals surface area contributed by atoms with Crippen molar-refractivity contribution < 1.29 is 4.79 Å². The van der Waals surface area contributed by atoms with Crippen LogP contribution in [0.4, 0.5) is 0 Å². The van der Waals surface area contributed by atoms with E-state index in [4.69, 9.17) is 0 Å². The average molecular weight is 123 g/mol. The Morgan fingerprint density at radius 3 is 2.78 bits per heavy atom. The van der Waals surface area contributed by atoms with E-state index in [-0.39, 0.29) is 5.78 Å². The maximum atomic E-state index is 10.5. The minimum Gasteiger partial charge on any atom is -0.342 e. The first-order valence-electron chi connectivity index (χ1n) is 2.58. The molecule has 0 aliphatic heterocycles. The summed E-state index contributed by atoms with van der Waals surface area (Å²) in [6, 6.07) is 0. The number of hydrogen-bond acceptors (Lipinski definition) is 2. The Labute approximate surface area is 53.1 Å². The average Bonchev–Trinajstić information content (AvgIpc) is 2.14. The second-order valence-corrected chi connectivity index (χ2v) is 1.80. The van der Waals surface area contributed by atoms with E-state index in [1.165, 1.54) is 6.92 Å². The molecule has 0 aliphatic rings. The van der Waals surface area contributed by atoms with Gasteiger partial charge in [-0.25, -0.2) is 4.98 Å². The van der Waals surface area contributed by atoms with Crippen molar-refractivity contribution in [3.8, 4) is 0 Å². The highest BCUT2D eigenvalue weighted by Gasteiger charge is 2.00. The van der Waals surface area contributed by atoms with Crippen LogP contribution < -0.4 is 0 Å². The third kappa shape index (κ3) is 1.16. The summed E-state index contributed by atoms with van der Waals surface area (Å²) in [5, 5.41) is 0. The number of aromatic nitrogens is 2. The van der Waals surface area contributed by atoms with Gasteiger partial charge in [-0.05, 0) is 6.92 Å². The number of Topliss-reactive ketones (excluding diaryl/α,β-unsaturated/α-hetero) is 1. The molecule has 3 nitrogen and oxygen atoms in total. The molecule has 47 valence electrons. The molecule has 0 spiro atoms. The minimum absolute atomic E-state index is 0.0649. The maximum absolute atomic E-state index is 10.5. The van der Waals surface area contributed by atoms with Crippen LogP contribution in [0.3, 0.4) is 0 Å². The van der Waals surface area contributed by atoms with Crippen molar-refractivity contribution in [1.82, 2.24) is 9.97 Å². The molecule has 0 saturated heterocycles. The molecular formula is C6H7N2O. The van der Waals surface area contributed by atoms with Crippen LogP contribution in [0.1, 0.15) is 23.2 Å². The first kappa shape index (κ1) is 6.01. The van der Waals surface area contributed by atoms with Crippen LogP contribution in [0.2, 0.25) is 0 Å². The van der Waals surface area contributed by atoms with Crippen LogP contribution in [0, 0.1) is 6.92 Å². The van der Waals surface area contributed by atoms with E-state index in [0.29, 0.717) is 11.5 Å². The summed E-state index contributed by atoms with van der Waals surface area (Å²) in [7, 11) is 0. The fourth-order valence-electron chi connectivity index (χ4n) is 0.540. The van der Waals surface area contributed by atoms with Crippen molar-refractivity contribution in [2.75, 3.05) is 0 Å². The highest BCUT2D eigenvalue weighted by Crippen LogP contribution is 1.94. The van der Waals surface area contributed by atoms with Gasteiger partial charge in [-0.2, -0.15) is 0 Å². The van der Waals surface area contributed by atoms with E-state index >= 15 is 0 Å². The first-order chi connectivity index (χ1) is 4.20. The molecule has 0 fully saturated rings. The Kier molecular flexibility index (Phi) is 1.34. The van der Waals surface area contributed by atoms with Gasteiger partial charge in [0.25, 0.3) is 0 Å². The highest BCUT2D eigenvalue weighted by atomic mass is 16.1. The van der Waals surface area contributed by atoms with Crippen LogP contribution >= 0.6 is 0 Å². The highest BCUT2D eigenvalue weighted by molar-refractivity contribution is 5.90. The van der Waals surface area contributed by atoms with Crippen LogP contribution in [0.5, 0.6) is 0 Å². The second-order valence-electron chi connectivity index (χ2n) is 1.80. The van der Waals surface area contributed by atoms with Crippen LogP contribution in [-0.2, 0) is 0 Å². The van der Waals surface area contributed by atoms with E-state index in [0.717, 1.165) is 0 Å². The second kappa shape index (κ2) is 2.01. The summed E-state index contributed by atoms with van der Waals surface area (Å²) < 4.78 is 0. The fraction of sp³-hybridized carbons (Fsp3) is 0.167. The monoisotopic (exact) mass is 123 g/mol. The summed E-state index contributed by atoms with van der Waals surface area (Å²) >= 11 is 0. The molecule has 0 unspecified atom stereocenters. The summed E-state index contributed by atoms with van der Waals surface area (Å²) in [5.74, 6) is 0.310. The predicted octanol–water partition coefficient (Wildman–Crippen LogP) is 0.794. The molecule has 0 atom stereocenters. The lowest BCUT2D eigenvalue weighted by atomic mass is 10.4. The van der Waals surface area contributed by atoms with Gasteiger partial charge in [0.05, 0.1) is 5.69 Å². The summed E-state index contributed by atoms with van der Waals surface area (Å²) in [6.45, 7) is 4.99. The lowest BCUT2D eigenvalue weighted by Crippen LogP contribution is -1.93. The molecule has 1 heterocycles. The molecule has 3 heteroatoms. The summed E-state index contributed by atoms with van der Waals surface area (Å²) in [4.78, 5) is 17.0. The Morgan fingerprint density at radius 2 is 2.56 bits per heavy atom. The van der Waals surface area contributed by atoms with Gasteiger partial charge in [0.1, 0.15) is 0 Å². The number of nitrogens with one attached hydrogen (secondary N) is 1. The predicted molar refractivity (Wildman–Crippen MR) is 33.1 cm³/mol. The number of nitrogens with zero attached hydrogens (tertiary/aromatic N) is 1. The Hall–Kier alpha value is -1.12. The first-order valence-corrected chi connectivity index (χ1v) is 2.58. The molecule has 0 aromatic carbocycles. The van der Waals surface area contributed by atoms with E-state index in [9.17, 15) is 4.79 Å². The SMILES string of the molecule is [CH2]c1c[nH]c(C(C)=O)n1. The standard InChI is InChI=1S/C6H7N2O/c1-4-3-7-6(8-4)5(2)9/h3H,1H2,2H3,(H,7,8). The molecule has 0 aliphatic carbocycles. The summed E-state index contributed by atoms with van der Waals surface area (Å²) in [6.07, 6.45) is 1.59. The zero-order chi connectivity index (χ0) is 6.85. The minimum atomic E-state index is -0.0649. The number of rotatable bonds is 1. The summed E-state index contributed by atoms with van der Waals surface area (Å²) in [5.41, 5.74) is 0.597. The van der Waals surface area contributed by atoms with Crippen molar-refractivity contribution in [2.24, 2.45) is 0 Å². The van der Waals surface area contributed by atoms with Crippen molar-refractivity contribution in [3.63, 3.8) is 0 Å². The molecule has 1 N–H and O–H groups in total. The Balaban J connectivity index is 2.98. The number of ketones is 1. The Bertz CT molecular complexity index is 227. The smallest absolute Gasteiger partial charge is 0.194 e. The van der Waals surface area contributed by atoms with Crippen molar-refractivity contribution >= 4 is 5.78 Å². The van der Waals surface area contributed by atoms with E-state index in [1.54, 1.807) is 6.20 Å². The van der Waals surface area contributed by atoms with Gasteiger partial charge in [0, 0.05) is 13.1 Å². The molecule has 1 rings (SSSR count). The molecular weight excluding hydrogens is 116 g/mol. The molecule has 9 heavy (non-hydrogen) atoms. The lowest BCUT2D eigenvalue weighted by molar-refractivity contribution is 0.100. The number of aromatic amines is 1. The van der Waals surface area contributed by atoms with Crippen LogP contribution in [-0.4, -0.2) is 15.8 Å². The topological polar surface area (TPSA) is 45.8 Å². The third-order valence-electron chi connectivity index (χ3n) is 0.964. The van der Waals surface area contributed by atoms with Crippen LogP contribution in [0.15, 0.2) is 6.20 Å². The number of carbonyl (C=O) groups is 1. The van der Waals surface area contributed by atoms with Gasteiger partial charge in [-0.1, -0.05) is 0 Å². The van der Waals surface area contributed by atoms with Gasteiger partial charge in [0.15, 0.2) is 11.6 Å². The number of imidazole rings is 1. The number of H-pyrrole nitrogens is 1. The van der Waals surface area contributed by atoms with Crippen LogP contribution in [0.25, 0.3) is 0 Å². The van der Waals surface area contributed by atoms with Crippen molar-refractivity contribution in [1.29, 1.82) is 0 Å². The van der Waals surface area contributed by atoms with Gasteiger partial charge in [-0.3, -0.25) is 4.79 Å². The zero-order valence-corrected chi connectivity index (χ0v) is 5.14. The van der Waals surface area contributed by atoms with Gasteiger partial charge < -0.3 is 4.98 Å². The van der Waals surface area contributed by atoms with E-state index < -0.39 is 0 Å². The molecule has 1 radical (unpaired) electrons. The van der Waals surface area contributed by atoms with E-state index in [2.05, 4.69) is 16.9 Å². The quantitative estimate of drug-likeness (QED) is 0.561. The normalized spacial score (nSPS) is 9.56. The Morgan fingerprint density at radius 1 is 1.89 bits per heavy atom. The van der Waals surface area contributed by atoms with Gasteiger partial charge in [-0.15, -0.1) is 0 Å². The number of hydrogen-bond donors (Lipinski definition) is 1. The molecule has 0 saturated carbocycles. The van der Waals surface area contributed by atoms with Gasteiger partial charge in [0.2, 0.25) is 0 Å². The van der Waals surface area contributed by atoms with E-state index in [1.807, 2.05) is 0 Å². The molecule has 1 aromatic heterocycles. The molecule has 0 bridgehead atoms. The number of carbonyl (C=O) groups excluding carboxylic acids is 1. The third-order valence-corrected chi connectivity index (χ3v) is 0.964.